The van der Waals surface area contributed by atoms with Crippen LogP contribution < -0.4 is 9.47 Å². The van der Waals surface area contributed by atoms with E-state index in [0.29, 0.717) is 24.1 Å². The van der Waals surface area contributed by atoms with Gasteiger partial charge in [0.1, 0.15) is 0 Å². The number of methoxy groups -OCH3 is 2. The third kappa shape index (κ3) is 3.87. The quantitative estimate of drug-likeness (QED) is 0.889. The first-order valence-electron chi connectivity index (χ1n) is 7.37. The van der Waals surface area contributed by atoms with Crippen LogP contribution in [0.1, 0.15) is 18.6 Å². The van der Waals surface area contributed by atoms with E-state index in [9.17, 15) is 5.11 Å². The summed E-state index contributed by atoms with van der Waals surface area (Å²) in [7, 11) is 5.36. The van der Waals surface area contributed by atoms with E-state index in [1.807, 2.05) is 18.2 Å². The predicted molar refractivity (Wildman–Crippen MR) is 83.0 cm³/mol. The lowest BCUT2D eigenvalue weighted by Crippen LogP contribution is -2.50. The van der Waals surface area contributed by atoms with Crippen LogP contribution in [0.3, 0.4) is 0 Å². The second-order valence-corrected chi connectivity index (χ2v) is 5.72. The highest BCUT2D eigenvalue weighted by Crippen LogP contribution is 2.30. The van der Waals surface area contributed by atoms with Crippen molar-refractivity contribution in [1.29, 1.82) is 0 Å². The summed E-state index contributed by atoms with van der Waals surface area (Å²) in [6.45, 7) is 5.88. The highest BCUT2D eigenvalue weighted by atomic mass is 16.5. The molecule has 0 radical (unpaired) electrons. The van der Waals surface area contributed by atoms with Gasteiger partial charge in [0, 0.05) is 32.2 Å². The Morgan fingerprint density at radius 3 is 2.57 bits per heavy atom. The van der Waals surface area contributed by atoms with Gasteiger partial charge in [-0.25, -0.2) is 0 Å². The minimum Gasteiger partial charge on any atom is -0.493 e. The number of likely N-dealkylation sites (N-methyl/N-ethyl adjacent to an activating group) is 1. The Kier molecular flexibility index (Phi) is 5.45. The number of ether oxygens (including phenoxy) is 2. The van der Waals surface area contributed by atoms with Gasteiger partial charge in [-0.15, -0.1) is 0 Å². The molecule has 118 valence electrons. The smallest absolute Gasteiger partial charge is 0.161 e. The Hall–Kier alpha value is -1.30. The van der Waals surface area contributed by atoms with E-state index in [4.69, 9.17) is 9.47 Å². The van der Waals surface area contributed by atoms with Crippen LogP contribution in [0.25, 0.3) is 0 Å². The Morgan fingerprint density at radius 2 is 1.95 bits per heavy atom. The molecule has 1 aromatic carbocycles. The minimum atomic E-state index is -0.514. The van der Waals surface area contributed by atoms with Gasteiger partial charge in [-0.1, -0.05) is 6.07 Å². The second-order valence-electron chi connectivity index (χ2n) is 5.72. The summed E-state index contributed by atoms with van der Waals surface area (Å²) in [5.41, 5.74) is 0.860. The second kappa shape index (κ2) is 7.11. The van der Waals surface area contributed by atoms with Crippen molar-refractivity contribution >= 4 is 0 Å². The average molecular weight is 294 g/mol. The molecule has 2 rings (SSSR count). The molecular formula is C16H26N2O3. The molecule has 0 aliphatic carbocycles. The zero-order chi connectivity index (χ0) is 15.4. The van der Waals surface area contributed by atoms with Crippen LogP contribution in [0.5, 0.6) is 11.5 Å². The monoisotopic (exact) mass is 294 g/mol. The minimum absolute atomic E-state index is 0.514. The van der Waals surface area contributed by atoms with Crippen LogP contribution in [-0.2, 0) is 0 Å². The number of hydrogen-bond donors (Lipinski definition) is 1. The molecule has 5 heteroatoms. The van der Waals surface area contributed by atoms with Crippen LogP contribution in [0.2, 0.25) is 0 Å². The lowest BCUT2D eigenvalue weighted by molar-refractivity contribution is 0.0567. The highest BCUT2D eigenvalue weighted by Gasteiger charge is 2.23. The Labute approximate surface area is 127 Å². The van der Waals surface area contributed by atoms with Crippen molar-refractivity contribution in [3.8, 4) is 11.5 Å². The number of aliphatic hydroxyl groups is 1. The summed E-state index contributed by atoms with van der Waals surface area (Å²) >= 11 is 0. The number of rotatable bonds is 5. The average Bonchev–Trinajstić information content (AvgIpc) is 2.50. The van der Waals surface area contributed by atoms with Crippen molar-refractivity contribution in [3.63, 3.8) is 0 Å². The fourth-order valence-corrected chi connectivity index (χ4v) is 2.70. The van der Waals surface area contributed by atoms with E-state index in [-0.39, 0.29) is 0 Å². The number of hydrogen-bond acceptors (Lipinski definition) is 5. The van der Waals surface area contributed by atoms with Gasteiger partial charge in [0.05, 0.1) is 20.3 Å². The lowest BCUT2D eigenvalue weighted by atomic mass is 10.1. The topological polar surface area (TPSA) is 45.2 Å². The lowest BCUT2D eigenvalue weighted by Gasteiger charge is -2.38. The number of nitrogens with zero attached hydrogens (tertiary/aromatic N) is 2. The molecule has 0 aromatic heterocycles. The van der Waals surface area contributed by atoms with Crippen LogP contribution in [0.15, 0.2) is 18.2 Å². The fourth-order valence-electron chi connectivity index (χ4n) is 2.70. The van der Waals surface area contributed by atoms with Crippen LogP contribution in [0, 0.1) is 0 Å². The highest BCUT2D eigenvalue weighted by molar-refractivity contribution is 5.43. The molecule has 5 nitrogen and oxygen atoms in total. The Bertz CT molecular complexity index is 467. The standard InChI is InChI=1S/C16H26N2O3/c1-12-10-18(8-7-17(12)2)11-14(19)13-5-6-15(20-3)16(9-13)21-4/h5-6,9,12,14,19H,7-8,10-11H2,1-4H3. The fraction of sp³-hybridized carbons (Fsp3) is 0.625. The Balaban J connectivity index is 2.01. The normalized spacial score (nSPS) is 22.0. The summed E-state index contributed by atoms with van der Waals surface area (Å²) in [5, 5.41) is 10.5. The van der Waals surface area contributed by atoms with E-state index < -0.39 is 6.10 Å². The van der Waals surface area contributed by atoms with Crippen LogP contribution in [-0.4, -0.2) is 68.4 Å². The van der Waals surface area contributed by atoms with Gasteiger partial charge in [-0.3, -0.25) is 4.90 Å². The molecule has 1 heterocycles. The largest absolute Gasteiger partial charge is 0.493 e. The van der Waals surface area contributed by atoms with Gasteiger partial charge in [-0.05, 0) is 31.7 Å². The third-order valence-electron chi connectivity index (χ3n) is 4.27. The van der Waals surface area contributed by atoms with Crippen molar-refractivity contribution in [1.82, 2.24) is 9.80 Å². The summed E-state index contributed by atoms with van der Waals surface area (Å²) in [4.78, 5) is 4.66. The number of aliphatic hydroxyl groups excluding tert-OH is 1. The SMILES string of the molecule is COc1ccc(C(O)CN2CCN(C)C(C)C2)cc1OC. The van der Waals surface area contributed by atoms with Crippen molar-refractivity contribution < 1.29 is 14.6 Å². The molecule has 1 aliphatic rings. The van der Waals surface area contributed by atoms with Crippen molar-refractivity contribution in [3.05, 3.63) is 23.8 Å². The van der Waals surface area contributed by atoms with Crippen LogP contribution in [0.4, 0.5) is 0 Å². The molecule has 0 bridgehead atoms. The molecule has 1 N–H and O–H groups in total. The summed E-state index contributed by atoms with van der Waals surface area (Å²) < 4.78 is 10.5. The van der Waals surface area contributed by atoms with E-state index >= 15 is 0 Å². The zero-order valence-corrected chi connectivity index (χ0v) is 13.4. The maximum Gasteiger partial charge on any atom is 0.161 e. The molecular weight excluding hydrogens is 268 g/mol. The molecule has 0 saturated carbocycles. The summed E-state index contributed by atoms with van der Waals surface area (Å²) in [6.07, 6.45) is -0.514. The molecule has 1 fully saturated rings. The number of β-amino-alcohol motifs (C(OH)–C–C–N with tert-alkyl or cyclic N) is 1. The van der Waals surface area contributed by atoms with Gasteiger partial charge in [0.15, 0.2) is 11.5 Å². The van der Waals surface area contributed by atoms with Gasteiger partial charge in [0.25, 0.3) is 0 Å². The molecule has 21 heavy (non-hydrogen) atoms. The van der Waals surface area contributed by atoms with E-state index in [1.165, 1.54) is 0 Å². The number of benzene rings is 1. The predicted octanol–water partition coefficient (Wildman–Crippen LogP) is 1.37. The van der Waals surface area contributed by atoms with Gasteiger partial charge < -0.3 is 19.5 Å². The van der Waals surface area contributed by atoms with Crippen molar-refractivity contribution in [2.75, 3.05) is 47.4 Å². The molecule has 1 aromatic rings. The van der Waals surface area contributed by atoms with Gasteiger partial charge in [0.2, 0.25) is 0 Å². The first-order chi connectivity index (χ1) is 10.0. The molecule has 0 spiro atoms. The van der Waals surface area contributed by atoms with Crippen molar-refractivity contribution in [2.45, 2.75) is 19.1 Å². The maximum atomic E-state index is 10.5. The summed E-state index contributed by atoms with van der Waals surface area (Å²) in [6, 6.07) is 6.11. The molecule has 2 unspecified atom stereocenters. The first-order valence-corrected chi connectivity index (χ1v) is 7.37. The maximum absolute atomic E-state index is 10.5. The Morgan fingerprint density at radius 1 is 1.24 bits per heavy atom. The molecule has 1 aliphatic heterocycles. The van der Waals surface area contributed by atoms with Gasteiger partial charge >= 0.3 is 0 Å². The van der Waals surface area contributed by atoms with Crippen LogP contribution >= 0.6 is 0 Å². The van der Waals surface area contributed by atoms with Gasteiger partial charge in [-0.2, -0.15) is 0 Å². The van der Waals surface area contributed by atoms with Crippen molar-refractivity contribution in [2.24, 2.45) is 0 Å². The van der Waals surface area contributed by atoms with E-state index in [1.54, 1.807) is 14.2 Å². The zero-order valence-electron chi connectivity index (χ0n) is 13.4. The summed E-state index contributed by atoms with van der Waals surface area (Å²) in [5.74, 6) is 1.34. The molecule has 1 saturated heterocycles. The third-order valence-corrected chi connectivity index (χ3v) is 4.27. The number of piperazine rings is 1. The molecule has 0 amide bonds. The molecule has 2 atom stereocenters. The first kappa shape index (κ1) is 16.1. The van der Waals surface area contributed by atoms with E-state index in [0.717, 1.165) is 25.2 Å². The van der Waals surface area contributed by atoms with E-state index in [2.05, 4.69) is 23.8 Å².